The van der Waals surface area contributed by atoms with Crippen LogP contribution in [0.15, 0.2) is 84.0 Å². The van der Waals surface area contributed by atoms with Gasteiger partial charge in [-0.1, -0.05) is 36.4 Å². The lowest BCUT2D eigenvalue weighted by molar-refractivity contribution is -0.145. The summed E-state index contributed by atoms with van der Waals surface area (Å²) in [5, 5.41) is 14.3. The molecule has 1 aliphatic heterocycles. The molecule has 1 amide bonds. The molecule has 204 valence electrons. The zero-order chi connectivity index (χ0) is 27.9. The van der Waals surface area contributed by atoms with Gasteiger partial charge in [0.15, 0.2) is 0 Å². The maximum atomic E-state index is 12.6. The highest BCUT2D eigenvalue weighted by Crippen LogP contribution is 2.34. The molecule has 3 aromatic carbocycles. The van der Waals surface area contributed by atoms with Crippen molar-refractivity contribution in [3.63, 3.8) is 0 Å². The molecule has 0 saturated carbocycles. The fraction of sp³-hybridized carbons (Fsp3) is 0.200. The summed E-state index contributed by atoms with van der Waals surface area (Å²) in [6.07, 6.45) is 1.16. The van der Waals surface area contributed by atoms with Gasteiger partial charge < -0.3 is 15.4 Å². The Balaban J connectivity index is 1.25. The number of nitrogens with one attached hydrogen (secondary N) is 4. The SMILES string of the molecule is CCOC(=O)CC(=O)Nc1c(Nc2ccc(N3NN=C(CCc4cccc(C)n4)N3)cc2)ccc2ccccc12. The number of rotatable bonds is 10. The van der Waals surface area contributed by atoms with Crippen LogP contribution in [-0.4, -0.2) is 29.3 Å². The van der Waals surface area contributed by atoms with Crippen LogP contribution in [-0.2, 0) is 20.7 Å². The summed E-state index contributed by atoms with van der Waals surface area (Å²) in [4.78, 5) is 29.0. The lowest BCUT2D eigenvalue weighted by Gasteiger charge is -2.19. The number of amidine groups is 1. The van der Waals surface area contributed by atoms with Gasteiger partial charge in [-0.05, 0) is 68.1 Å². The normalized spacial score (nSPS) is 12.3. The third-order valence-electron chi connectivity index (χ3n) is 6.30. The minimum absolute atomic E-state index is 0.226. The van der Waals surface area contributed by atoms with Gasteiger partial charge in [0.25, 0.3) is 0 Å². The molecule has 10 nitrogen and oxygen atoms in total. The first-order chi connectivity index (χ1) is 19.5. The molecule has 1 aromatic heterocycles. The van der Waals surface area contributed by atoms with Crippen molar-refractivity contribution in [3.05, 3.63) is 90.3 Å². The molecule has 5 rings (SSSR count). The molecule has 4 aromatic rings. The number of benzene rings is 3. The highest BCUT2D eigenvalue weighted by molar-refractivity contribution is 6.10. The van der Waals surface area contributed by atoms with Crippen molar-refractivity contribution in [1.82, 2.24) is 15.9 Å². The third kappa shape index (κ3) is 6.47. The Hall–Kier alpha value is -5.12. The van der Waals surface area contributed by atoms with Crippen LogP contribution in [0.1, 0.15) is 31.2 Å². The number of carbonyl (C=O) groups excluding carboxylic acids is 2. The van der Waals surface area contributed by atoms with Gasteiger partial charge in [0, 0.05) is 28.9 Å². The molecule has 0 unspecified atom stereocenters. The summed E-state index contributed by atoms with van der Waals surface area (Å²) in [5.74, 6) is -0.174. The van der Waals surface area contributed by atoms with Crippen LogP contribution < -0.4 is 26.7 Å². The molecule has 0 fully saturated rings. The number of hydrazone groups is 1. The summed E-state index contributed by atoms with van der Waals surface area (Å²) in [7, 11) is 0. The van der Waals surface area contributed by atoms with E-state index in [1.54, 1.807) is 12.0 Å². The molecule has 1 aliphatic rings. The average molecular weight is 538 g/mol. The number of pyridine rings is 1. The Kier molecular flexibility index (Phi) is 8.05. The monoisotopic (exact) mass is 537 g/mol. The van der Waals surface area contributed by atoms with Crippen LogP contribution in [0.4, 0.5) is 22.7 Å². The van der Waals surface area contributed by atoms with E-state index in [0.29, 0.717) is 11.4 Å². The molecule has 2 heterocycles. The van der Waals surface area contributed by atoms with Crippen molar-refractivity contribution >= 4 is 51.2 Å². The second-order valence-electron chi connectivity index (χ2n) is 9.29. The molecule has 0 bridgehead atoms. The van der Waals surface area contributed by atoms with Crippen molar-refractivity contribution in [1.29, 1.82) is 0 Å². The van der Waals surface area contributed by atoms with Crippen LogP contribution in [0.25, 0.3) is 10.8 Å². The van der Waals surface area contributed by atoms with Gasteiger partial charge in [-0.15, -0.1) is 5.10 Å². The van der Waals surface area contributed by atoms with Gasteiger partial charge in [-0.25, -0.2) is 0 Å². The number of hydrogen-bond acceptors (Lipinski definition) is 9. The van der Waals surface area contributed by atoms with E-state index >= 15 is 0 Å². The zero-order valence-electron chi connectivity index (χ0n) is 22.4. The van der Waals surface area contributed by atoms with Crippen LogP contribution in [0.5, 0.6) is 0 Å². The van der Waals surface area contributed by atoms with E-state index in [1.807, 2.05) is 85.8 Å². The molecule has 0 radical (unpaired) electrons. The van der Waals surface area contributed by atoms with Crippen molar-refractivity contribution < 1.29 is 14.3 Å². The number of esters is 1. The molecule has 0 spiro atoms. The first kappa shape index (κ1) is 26.5. The van der Waals surface area contributed by atoms with Crippen LogP contribution in [0, 0.1) is 6.92 Å². The van der Waals surface area contributed by atoms with Gasteiger partial charge in [0.05, 0.1) is 23.7 Å². The Morgan fingerprint density at radius 3 is 2.58 bits per heavy atom. The number of aryl methyl sites for hydroxylation is 2. The number of nitrogens with zero attached hydrogens (tertiary/aromatic N) is 3. The van der Waals surface area contributed by atoms with E-state index in [0.717, 1.165) is 52.2 Å². The zero-order valence-corrected chi connectivity index (χ0v) is 22.4. The average Bonchev–Trinajstić information content (AvgIpc) is 3.43. The minimum Gasteiger partial charge on any atom is -0.466 e. The smallest absolute Gasteiger partial charge is 0.315 e. The number of fused-ring (bicyclic) bond motifs is 1. The van der Waals surface area contributed by atoms with E-state index in [1.165, 1.54) is 0 Å². The van der Waals surface area contributed by atoms with E-state index in [4.69, 9.17) is 4.74 Å². The van der Waals surface area contributed by atoms with E-state index in [2.05, 4.69) is 31.7 Å². The summed E-state index contributed by atoms with van der Waals surface area (Å²) in [5.41, 5.74) is 11.3. The van der Waals surface area contributed by atoms with E-state index in [-0.39, 0.29) is 13.0 Å². The van der Waals surface area contributed by atoms with Gasteiger partial charge in [-0.3, -0.25) is 20.0 Å². The first-order valence-electron chi connectivity index (χ1n) is 13.1. The van der Waals surface area contributed by atoms with E-state index < -0.39 is 11.9 Å². The quantitative estimate of drug-likeness (QED) is 0.166. The van der Waals surface area contributed by atoms with E-state index in [9.17, 15) is 9.59 Å². The fourth-order valence-electron chi connectivity index (χ4n) is 4.40. The number of anilines is 4. The molecular weight excluding hydrogens is 506 g/mol. The Morgan fingerprint density at radius 2 is 1.77 bits per heavy atom. The predicted octanol–water partition coefficient (Wildman–Crippen LogP) is 4.95. The number of amides is 1. The maximum Gasteiger partial charge on any atom is 0.315 e. The standard InChI is InChI=1S/C30H31N7O3/c1-3-40-29(39)19-28(38)33-30-25-10-5-4-8-21(25)11-17-26(30)32-23-12-15-24(16-13-23)37-35-27(34-36-37)18-14-22-9-6-7-20(2)31-22/h4-13,15-17,32,36H,3,14,18-19H2,1-2H3,(H,33,38)(H,34,35). The molecular formula is C30H31N7O3. The number of carbonyl (C=O) groups is 2. The van der Waals surface area contributed by atoms with Crippen molar-refractivity contribution in [2.24, 2.45) is 5.10 Å². The molecule has 10 heteroatoms. The lowest BCUT2D eigenvalue weighted by Crippen LogP contribution is -2.41. The summed E-state index contributed by atoms with van der Waals surface area (Å²) in [6.45, 7) is 3.92. The predicted molar refractivity (Wildman–Crippen MR) is 157 cm³/mol. The van der Waals surface area contributed by atoms with Gasteiger partial charge in [0.1, 0.15) is 12.3 Å². The summed E-state index contributed by atoms with van der Waals surface area (Å²) >= 11 is 0. The summed E-state index contributed by atoms with van der Waals surface area (Å²) in [6, 6.07) is 25.4. The molecule has 0 saturated heterocycles. The van der Waals surface area contributed by atoms with Crippen molar-refractivity contribution in [2.45, 2.75) is 33.1 Å². The minimum atomic E-state index is -0.562. The Labute approximate surface area is 232 Å². The fourth-order valence-corrected chi connectivity index (χ4v) is 4.40. The summed E-state index contributed by atoms with van der Waals surface area (Å²) < 4.78 is 4.92. The molecule has 0 atom stereocenters. The third-order valence-corrected chi connectivity index (χ3v) is 6.30. The van der Waals surface area contributed by atoms with Gasteiger partial charge in [-0.2, -0.15) is 10.7 Å². The van der Waals surface area contributed by atoms with Gasteiger partial charge >= 0.3 is 5.97 Å². The Bertz CT molecular complexity index is 1550. The number of aromatic nitrogens is 1. The second-order valence-corrected chi connectivity index (χ2v) is 9.29. The first-order valence-corrected chi connectivity index (χ1v) is 13.1. The Morgan fingerprint density at radius 1 is 0.950 bits per heavy atom. The van der Waals surface area contributed by atoms with Crippen molar-refractivity contribution in [2.75, 3.05) is 22.4 Å². The lowest BCUT2D eigenvalue weighted by atomic mass is 10.1. The highest BCUT2D eigenvalue weighted by atomic mass is 16.5. The molecule has 40 heavy (non-hydrogen) atoms. The largest absolute Gasteiger partial charge is 0.466 e. The van der Waals surface area contributed by atoms with Crippen LogP contribution in [0.3, 0.4) is 0 Å². The molecule has 4 N–H and O–H groups in total. The molecule has 0 aliphatic carbocycles. The van der Waals surface area contributed by atoms with Crippen LogP contribution >= 0.6 is 0 Å². The number of ether oxygens (including phenoxy) is 1. The number of hydrogen-bond donors (Lipinski definition) is 4. The van der Waals surface area contributed by atoms with Crippen LogP contribution in [0.2, 0.25) is 0 Å². The topological polar surface area (TPSA) is 120 Å². The highest BCUT2D eigenvalue weighted by Gasteiger charge is 2.17. The number of hydrazine groups is 2. The second kappa shape index (κ2) is 12.2. The maximum absolute atomic E-state index is 12.6. The van der Waals surface area contributed by atoms with Gasteiger partial charge in [0.2, 0.25) is 5.91 Å². The van der Waals surface area contributed by atoms with Crippen molar-refractivity contribution in [3.8, 4) is 0 Å².